The minimum atomic E-state index is -2.99. The molecule has 1 unspecified atom stereocenters. The van der Waals surface area contributed by atoms with Gasteiger partial charge in [0.2, 0.25) is 0 Å². The molecule has 150 valence electrons. The molecule has 0 saturated heterocycles. The van der Waals surface area contributed by atoms with Crippen LogP contribution in [0.25, 0.3) is 11.4 Å². The first-order valence-electron chi connectivity index (χ1n) is 9.33. The lowest BCUT2D eigenvalue weighted by atomic mass is 9.99. The fourth-order valence-corrected chi connectivity index (χ4v) is 5.10. The van der Waals surface area contributed by atoms with Crippen molar-refractivity contribution in [2.24, 2.45) is 5.92 Å². The lowest BCUT2D eigenvalue weighted by Gasteiger charge is -2.18. The number of nitrogens with zero attached hydrogens (tertiary/aromatic N) is 3. The van der Waals surface area contributed by atoms with E-state index >= 15 is 0 Å². The van der Waals surface area contributed by atoms with Crippen LogP contribution in [0.2, 0.25) is 5.02 Å². The standard InChI is InChI=1S/C19H28ClN3O2S2/c1-4-6-7-15(5-2)14-23-18(16-8-10-17(20)11-9-16)21-22-19(23)26-12-13-27(3,24)25/h8-11,15H,4-7,12-14H2,1-3H3. The second-order valence-electron chi connectivity index (χ2n) is 6.82. The fraction of sp³-hybridized carbons (Fsp3) is 0.579. The van der Waals surface area contributed by atoms with E-state index < -0.39 is 9.84 Å². The van der Waals surface area contributed by atoms with Gasteiger partial charge in [0, 0.05) is 29.1 Å². The molecule has 0 aliphatic carbocycles. The Morgan fingerprint density at radius 3 is 2.48 bits per heavy atom. The van der Waals surface area contributed by atoms with Crippen molar-refractivity contribution >= 4 is 33.2 Å². The smallest absolute Gasteiger partial charge is 0.191 e. The topological polar surface area (TPSA) is 64.8 Å². The summed E-state index contributed by atoms with van der Waals surface area (Å²) in [5, 5.41) is 10.2. The molecule has 0 saturated carbocycles. The van der Waals surface area contributed by atoms with Crippen LogP contribution >= 0.6 is 23.4 Å². The molecular weight excluding hydrogens is 402 g/mol. The number of thioether (sulfide) groups is 1. The van der Waals surface area contributed by atoms with E-state index in [0.717, 1.165) is 29.5 Å². The molecule has 0 bridgehead atoms. The van der Waals surface area contributed by atoms with E-state index in [9.17, 15) is 8.42 Å². The van der Waals surface area contributed by atoms with E-state index in [0.29, 0.717) is 16.7 Å². The van der Waals surface area contributed by atoms with Gasteiger partial charge in [-0.25, -0.2) is 8.42 Å². The molecule has 1 aromatic heterocycles. The average molecular weight is 430 g/mol. The van der Waals surface area contributed by atoms with Crippen molar-refractivity contribution in [1.29, 1.82) is 0 Å². The Hall–Kier alpha value is -1.05. The van der Waals surface area contributed by atoms with Crippen molar-refractivity contribution in [3.05, 3.63) is 29.3 Å². The quantitative estimate of drug-likeness (QED) is 0.472. The molecule has 1 atom stereocenters. The van der Waals surface area contributed by atoms with Gasteiger partial charge >= 0.3 is 0 Å². The number of sulfone groups is 1. The summed E-state index contributed by atoms with van der Waals surface area (Å²) >= 11 is 7.47. The lowest BCUT2D eigenvalue weighted by Crippen LogP contribution is -2.13. The number of hydrogen-bond acceptors (Lipinski definition) is 5. The summed E-state index contributed by atoms with van der Waals surface area (Å²) < 4.78 is 25.0. The van der Waals surface area contributed by atoms with Crippen LogP contribution in [0.15, 0.2) is 29.4 Å². The third-order valence-corrected chi connectivity index (χ3v) is 6.91. The molecule has 1 aromatic carbocycles. The van der Waals surface area contributed by atoms with Gasteiger partial charge in [-0.05, 0) is 36.6 Å². The Morgan fingerprint density at radius 1 is 1.19 bits per heavy atom. The Morgan fingerprint density at radius 2 is 1.89 bits per heavy atom. The molecule has 2 rings (SSSR count). The second-order valence-corrected chi connectivity index (χ2v) is 10.6. The van der Waals surface area contributed by atoms with Crippen LogP contribution in [0.3, 0.4) is 0 Å². The summed E-state index contributed by atoms with van der Waals surface area (Å²) in [6, 6.07) is 7.59. The molecular formula is C19H28ClN3O2S2. The third kappa shape index (κ3) is 7.12. The number of halogens is 1. The highest BCUT2D eigenvalue weighted by atomic mass is 35.5. The maximum Gasteiger partial charge on any atom is 0.191 e. The fourth-order valence-electron chi connectivity index (χ4n) is 2.83. The molecule has 0 aliphatic rings. The zero-order valence-electron chi connectivity index (χ0n) is 16.2. The maximum atomic E-state index is 11.4. The predicted molar refractivity (Wildman–Crippen MR) is 114 cm³/mol. The normalized spacial score (nSPS) is 13.0. The molecule has 0 aliphatic heterocycles. The predicted octanol–water partition coefficient (Wildman–Crippen LogP) is 4.95. The van der Waals surface area contributed by atoms with E-state index in [1.165, 1.54) is 37.3 Å². The molecule has 0 fully saturated rings. The van der Waals surface area contributed by atoms with E-state index in [2.05, 4.69) is 28.6 Å². The van der Waals surface area contributed by atoms with Gasteiger partial charge in [0.1, 0.15) is 9.84 Å². The lowest BCUT2D eigenvalue weighted by molar-refractivity contribution is 0.380. The maximum absolute atomic E-state index is 11.4. The van der Waals surface area contributed by atoms with Gasteiger partial charge in [0.05, 0.1) is 5.75 Å². The zero-order chi connectivity index (χ0) is 19.9. The first-order chi connectivity index (χ1) is 12.8. The number of aromatic nitrogens is 3. The van der Waals surface area contributed by atoms with Crippen LogP contribution in [-0.2, 0) is 16.4 Å². The Labute approximate surface area is 171 Å². The van der Waals surface area contributed by atoms with Gasteiger partial charge in [0.25, 0.3) is 0 Å². The molecule has 0 amide bonds. The van der Waals surface area contributed by atoms with Crippen LogP contribution in [0.4, 0.5) is 0 Å². The van der Waals surface area contributed by atoms with Crippen molar-refractivity contribution in [3.8, 4) is 11.4 Å². The molecule has 0 spiro atoms. The van der Waals surface area contributed by atoms with Crippen molar-refractivity contribution in [2.75, 3.05) is 17.8 Å². The molecule has 2 aromatic rings. The van der Waals surface area contributed by atoms with E-state index in [4.69, 9.17) is 11.6 Å². The molecule has 1 heterocycles. The number of unbranched alkanes of at least 4 members (excludes halogenated alkanes) is 1. The molecule has 27 heavy (non-hydrogen) atoms. The molecule has 0 N–H and O–H groups in total. The minimum Gasteiger partial charge on any atom is -0.302 e. The van der Waals surface area contributed by atoms with Crippen molar-refractivity contribution in [2.45, 2.75) is 51.2 Å². The molecule has 8 heteroatoms. The minimum absolute atomic E-state index is 0.133. The summed E-state index contributed by atoms with van der Waals surface area (Å²) in [5.41, 5.74) is 0.965. The third-order valence-electron chi connectivity index (χ3n) is 4.49. The summed E-state index contributed by atoms with van der Waals surface area (Å²) in [6.07, 6.45) is 5.89. The summed E-state index contributed by atoms with van der Waals surface area (Å²) in [5.74, 6) is 1.96. The van der Waals surface area contributed by atoms with Crippen LogP contribution in [-0.4, -0.2) is 40.9 Å². The molecule has 0 radical (unpaired) electrons. The zero-order valence-corrected chi connectivity index (χ0v) is 18.6. The van der Waals surface area contributed by atoms with Crippen molar-refractivity contribution < 1.29 is 8.42 Å². The van der Waals surface area contributed by atoms with Crippen molar-refractivity contribution in [1.82, 2.24) is 14.8 Å². The first kappa shape index (κ1) is 22.2. The van der Waals surface area contributed by atoms with Gasteiger partial charge in [0.15, 0.2) is 11.0 Å². The average Bonchev–Trinajstić information content (AvgIpc) is 3.00. The van der Waals surface area contributed by atoms with Gasteiger partial charge < -0.3 is 4.57 Å². The van der Waals surface area contributed by atoms with Crippen molar-refractivity contribution in [3.63, 3.8) is 0 Å². The monoisotopic (exact) mass is 429 g/mol. The molecule has 5 nitrogen and oxygen atoms in total. The number of benzene rings is 1. The SMILES string of the molecule is CCCCC(CC)Cn1c(SCCS(C)(=O)=O)nnc1-c1ccc(Cl)cc1. The van der Waals surface area contributed by atoms with Crippen LogP contribution < -0.4 is 0 Å². The van der Waals surface area contributed by atoms with Crippen LogP contribution in [0, 0.1) is 5.92 Å². The van der Waals surface area contributed by atoms with Gasteiger partial charge in [-0.15, -0.1) is 10.2 Å². The van der Waals surface area contributed by atoms with E-state index in [1.54, 1.807) is 0 Å². The highest BCUT2D eigenvalue weighted by molar-refractivity contribution is 8.00. The summed E-state index contributed by atoms with van der Waals surface area (Å²) in [7, 11) is -2.99. The van der Waals surface area contributed by atoms with E-state index in [-0.39, 0.29) is 5.75 Å². The number of rotatable bonds is 11. The Kier molecular flexibility index (Phi) is 8.63. The Balaban J connectivity index is 2.28. The second kappa shape index (κ2) is 10.5. The van der Waals surface area contributed by atoms with Gasteiger partial charge in [-0.2, -0.15) is 0 Å². The Bertz CT molecular complexity index is 820. The highest BCUT2D eigenvalue weighted by Crippen LogP contribution is 2.28. The highest BCUT2D eigenvalue weighted by Gasteiger charge is 2.18. The first-order valence-corrected chi connectivity index (χ1v) is 12.8. The largest absolute Gasteiger partial charge is 0.302 e. The van der Waals surface area contributed by atoms with Gasteiger partial charge in [-0.1, -0.05) is 56.5 Å². The van der Waals surface area contributed by atoms with Crippen LogP contribution in [0.1, 0.15) is 39.5 Å². The van der Waals surface area contributed by atoms with Gasteiger partial charge in [-0.3, -0.25) is 0 Å². The van der Waals surface area contributed by atoms with E-state index in [1.807, 2.05) is 24.3 Å². The summed E-state index contributed by atoms with van der Waals surface area (Å²) in [6.45, 7) is 5.25. The van der Waals surface area contributed by atoms with Crippen LogP contribution in [0.5, 0.6) is 0 Å². The summed E-state index contributed by atoms with van der Waals surface area (Å²) in [4.78, 5) is 0. The number of hydrogen-bond donors (Lipinski definition) is 0.